The number of ether oxygens (including phenoxy) is 2. The lowest BCUT2D eigenvalue weighted by Gasteiger charge is -2.26. The van der Waals surface area contributed by atoms with Crippen LogP contribution in [0.1, 0.15) is 41.8 Å². The van der Waals surface area contributed by atoms with Gasteiger partial charge in [0.2, 0.25) is 11.8 Å². The average Bonchev–Trinajstić information content (AvgIpc) is 2.75. The summed E-state index contributed by atoms with van der Waals surface area (Å²) < 4.78 is 11.2. The third-order valence-electron chi connectivity index (χ3n) is 5.04. The molecule has 3 amide bonds. The number of benzene rings is 2. The summed E-state index contributed by atoms with van der Waals surface area (Å²) >= 11 is 0. The summed E-state index contributed by atoms with van der Waals surface area (Å²) in [4.78, 5) is 38.2. The smallest absolute Gasteiger partial charge is 0.260 e. The van der Waals surface area contributed by atoms with Crippen molar-refractivity contribution in [2.24, 2.45) is 0 Å². The van der Waals surface area contributed by atoms with E-state index in [0.29, 0.717) is 43.2 Å². The lowest BCUT2D eigenvalue weighted by Crippen LogP contribution is -2.44. The Kier molecular flexibility index (Phi) is 7.65. The Bertz CT molecular complexity index is 957. The molecule has 7 nitrogen and oxygen atoms in total. The summed E-state index contributed by atoms with van der Waals surface area (Å²) in [7, 11) is 0. The van der Waals surface area contributed by atoms with Crippen LogP contribution in [-0.4, -0.2) is 48.9 Å². The summed E-state index contributed by atoms with van der Waals surface area (Å²) in [5.74, 6) is 0.590. The Hall–Kier alpha value is -3.35. The number of carbonyl (C=O) groups is 3. The number of fused-ring (bicyclic) bond motifs is 1. The first-order valence-corrected chi connectivity index (χ1v) is 10.6. The zero-order valence-corrected chi connectivity index (χ0v) is 18.0. The maximum Gasteiger partial charge on any atom is 0.260 e. The summed E-state index contributed by atoms with van der Waals surface area (Å²) in [6, 6.07) is 12.8. The fourth-order valence-electron chi connectivity index (χ4n) is 3.53. The molecule has 0 aliphatic carbocycles. The molecule has 31 heavy (non-hydrogen) atoms. The molecule has 7 heteroatoms. The molecule has 0 spiro atoms. The van der Waals surface area contributed by atoms with E-state index in [0.717, 1.165) is 11.1 Å². The largest absolute Gasteiger partial charge is 0.490 e. The second-order valence-electron chi connectivity index (χ2n) is 7.18. The van der Waals surface area contributed by atoms with Crippen LogP contribution in [0.2, 0.25) is 0 Å². The van der Waals surface area contributed by atoms with Crippen molar-refractivity contribution in [3.8, 4) is 11.5 Å². The van der Waals surface area contributed by atoms with E-state index in [1.807, 2.05) is 38.1 Å². The topological polar surface area (TPSA) is 84.9 Å². The van der Waals surface area contributed by atoms with E-state index in [2.05, 4.69) is 5.32 Å². The van der Waals surface area contributed by atoms with Crippen molar-refractivity contribution in [2.45, 2.75) is 33.1 Å². The number of carbonyl (C=O) groups excluding carboxylic acids is 3. The average molecular weight is 424 g/mol. The highest BCUT2D eigenvalue weighted by molar-refractivity contribution is 6.09. The molecular weight excluding hydrogens is 396 g/mol. The molecule has 1 aliphatic heterocycles. The van der Waals surface area contributed by atoms with Gasteiger partial charge >= 0.3 is 0 Å². The molecule has 0 fully saturated rings. The number of amides is 3. The first-order valence-electron chi connectivity index (χ1n) is 10.6. The van der Waals surface area contributed by atoms with Gasteiger partial charge in [0, 0.05) is 25.1 Å². The summed E-state index contributed by atoms with van der Waals surface area (Å²) in [6.45, 7) is 5.46. The fraction of sp³-hybridized carbons (Fsp3) is 0.375. The maximum atomic E-state index is 12.5. The normalized spacial score (nSPS) is 13.0. The molecule has 0 aromatic heterocycles. The van der Waals surface area contributed by atoms with Gasteiger partial charge in [-0.15, -0.1) is 0 Å². The monoisotopic (exact) mass is 424 g/mol. The van der Waals surface area contributed by atoms with Gasteiger partial charge in [-0.25, -0.2) is 0 Å². The number of nitrogens with zero attached hydrogens (tertiary/aromatic N) is 1. The van der Waals surface area contributed by atoms with Crippen LogP contribution >= 0.6 is 0 Å². The summed E-state index contributed by atoms with van der Waals surface area (Å²) in [5.41, 5.74) is 2.29. The SMILES string of the molecule is CCOc1ccc(CCNC(=O)CCN2C(=O)Cc3ccccc3C2=O)cc1OCC. The predicted molar refractivity (Wildman–Crippen MR) is 116 cm³/mol. The van der Waals surface area contributed by atoms with E-state index >= 15 is 0 Å². The summed E-state index contributed by atoms with van der Waals surface area (Å²) in [5, 5.41) is 2.85. The van der Waals surface area contributed by atoms with Crippen LogP contribution in [0.4, 0.5) is 0 Å². The minimum Gasteiger partial charge on any atom is -0.490 e. The minimum absolute atomic E-state index is 0.0765. The van der Waals surface area contributed by atoms with Crippen molar-refractivity contribution in [3.05, 3.63) is 59.2 Å². The number of imide groups is 1. The van der Waals surface area contributed by atoms with Gasteiger partial charge in [0.1, 0.15) is 0 Å². The van der Waals surface area contributed by atoms with Gasteiger partial charge in [-0.1, -0.05) is 24.3 Å². The van der Waals surface area contributed by atoms with E-state index in [4.69, 9.17) is 9.47 Å². The van der Waals surface area contributed by atoms with Gasteiger partial charge in [-0.2, -0.15) is 0 Å². The van der Waals surface area contributed by atoms with Gasteiger partial charge in [0.15, 0.2) is 11.5 Å². The molecule has 3 rings (SSSR count). The first kappa shape index (κ1) is 22.3. The molecule has 164 valence electrons. The van der Waals surface area contributed by atoms with Crippen molar-refractivity contribution in [3.63, 3.8) is 0 Å². The molecule has 0 bridgehead atoms. The van der Waals surface area contributed by atoms with Crippen LogP contribution in [0.15, 0.2) is 42.5 Å². The number of nitrogens with one attached hydrogen (secondary N) is 1. The van der Waals surface area contributed by atoms with Crippen LogP contribution in [0.3, 0.4) is 0 Å². The highest BCUT2D eigenvalue weighted by atomic mass is 16.5. The molecular formula is C24H28N2O5. The third-order valence-corrected chi connectivity index (χ3v) is 5.04. The highest BCUT2D eigenvalue weighted by Gasteiger charge is 2.30. The van der Waals surface area contributed by atoms with Crippen LogP contribution < -0.4 is 14.8 Å². The first-order chi connectivity index (χ1) is 15.0. The van der Waals surface area contributed by atoms with Gasteiger partial charge < -0.3 is 14.8 Å². The molecule has 0 radical (unpaired) electrons. The fourth-order valence-corrected chi connectivity index (χ4v) is 3.53. The van der Waals surface area contributed by atoms with E-state index in [9.17, 15) is 14.4 Å². The molecule has 1 N–H and O–H groups in total. The van der Waals surface area contributed by atoms with Crippen LogP contribution in [0.5, 0.6) is 11.5 Å². The van der Waals surface area contributed by atoms with Crippen molar-refractivity contribution < 1.29 is 23.9 Å². The van der Waals surface area contributed by atoms with Crippen molar-refractivity contribution in [1.82, 2.24) is 10.2 Å². The Morgan fingerprint density at radius 3 is 2.55 bits per heavy atom. The zero-order chi connectivity index (χ0) is 22.2. The molecule has 0 unspecified atom stereocenters. The highest BCUT2D eigenvalue weighted by Crippen LogP contribution is 2.28. The molecule has 0 saturated heterocycles. The second-order valence-corrected chi connectivity index (χ2v) is 7.18. The van der Waals surface area contributed by atoms with Gasteiger partial charge in [0.05, 0.1) is 19.6 Å². The molecule has 2 aromatic carbocycles. The predicted octanol–water partition coefficient (Wildman–Crippen LogP) is 2.76. The molecule has 0 atom stereocenters. The third kappa shape index (κ3) is 5.63. The number of rotatable bonds is 10. The number of hydrogen-bond donors (Lipinski definition) is 1. The Labute approximate surface area is 182 Å². The molecule has 0 saturated carbocycles. The molecule has 2 aromatic rings. The standard InChI is InChI=1S/C24H28N2O5/c1-3-30-20-10-9-17(15-21(20)31-4-2)11-13-25-22(27)12-14-26-23(28)16-18-7-5-6-8-19(18)24(26)29/h5-10,15H,3-4,11-14,16H2,1-2H3,(H,25,27). The molecule has 1 aliphatic rings. The lowest BCUT2D eigenvalue weighted by molar-refractivity contribution is -0.129. The van der Waals surface area contributed by atoms with Gasteiger partial charge in [0.25, 0.3) is 5.91 Å². The summed E-state index contributed by atoms with van der Waals surface area (Å²) in [6.07, 6.45) is 0.893. The molecule has 1 heterocycles. The Morgan fingerprint density at radius 1 is 1.03 bits per heavy atom. The van der Waals surface area contributed by atoms with Crippen LogP contribution in [0, 0.1) is 0 Å². The van der Waals surface area contributed by atoms with Crippen molar-refractivity contribution >= 4 is 17.7 Å². The van der Waals surface area contributed by atoms with Crippen molar-refractivity contribution in [1.29, 1.82) is 0 Å². The zero-order valence-electron chi connectivity index (χ0n) is 18.0. The van der Waals surface area contributed by atoms with Crippen molar-refractivity contribution in [2.75, 3.05) is 26.3 Å². The minimum atomic E-state index is -0.336. The quantitative estimate of drug-likeness (QED) is 0.593. The van der Waals surface area contributed by atoms with E-state index < -0.39 is 0 Å². The maximum absolute atomic E-state index is 12.5. The Morgan fingerprint density at radius 2 is 1.77 bits per heavy atom. The lowest BCUT2D eigenvalue weighted by atomic mass is 9.98. The van der Waals surface area contributed by atoms with E-state index in [-0.39, 0.29) is 37.1 Å². The number of hydrogen-bond acceptors (Lipinski definition) is 5. The second kappa shape index (κ2) is 10.6. The van der Waals surface area contributed by atoms with Gasteiger partial charge in [-0.3, -0.25) is 19.3 Å². The van der Waals surface area contributed by atoms with E-state index in [1.165, 1.54) is 4.90 Å². The van der Waals surface area contributed by atoms with E-state index in [1.54, 1.807) is 18.2 Å². The van der Waals surface area contributed by atoms with Crippen LogP contribution in [0.25, 0.3) is 0 Å². The Balaban J connectivity index is 1.48. The van der Waals surface area contributed by atoms with Gasteiger partial charge in [-0.05, 0) is 49.6 Å². The van der Waals surface area contributed by atoms with Crippen LogP contribution in [-0.2, 0) is 22.4 Å².